The monoisotopic (exact) mass is 492 g/mol. The van der Waals surface area contributed by atoms with E-state index in [2.05, 4.69) is 10.6 Å². The molecule has 0 saturated carbocycles. The highest BCUT2D eigenvalue weighted by atomic mass is 35.5. The number of ketones is 1. The lowest BCUT2D eigenvalue weighted by molar-refractivity contribution is -0.126. The zero-order chi connectivity index (χ0) is 24.6. The molecule has 0 fully saturated rings. The van der Waals surface area contributed by atoms with Crippen molar-refractivity contribution in [1.29, 1.82) is 0 Å². The third-order valence-corrected chi connectivity index (χ3v) is 5.79. The second-order valence-electron chi connectivity index (χ2n) is 8.06. The van der Waals surface area contributed by atoms with E-state index in [-0.39, 0.29) is 12.3 Å². The molecule has 0 aromatic heterocycles. The molecule has 1 atom stereocenters. The first kappa shape index (κ1) is 24.3. The molecule has 2 amide bonds. The predicted molar refractivity (Wildman–Crippen MR) is 133 cm³/mol. The van der Waals surface area contributed by atoms with E-state index in [4.69, 9.17) is 21.1 Å². The molecule has 0 radical (unpaired) electrons. The fraction of sp³-hybridized carbons (Fsp3) is 0.222. The maximum Gasteiger partial charge on any atom is 0.235 e. The topological polar surface area (TPSA) is 93.7 Å². The number of hydrogen-bond acceptors (Lipinski definition) is 5. The molecule has 4 rings (SSSR count). The molecule has 180 valence electrons. The SMILES string of the molecule is O=C(CC(C(=O)Nc1ccc2c(c1)OCCO2)C(=O)c1ccccc1)NCCc1ccc(Cl)cc1. The van der Waals surface area contributed by atoms with Gasteiger partial charge in [-0.1, -0.05) is 54.1 Å². The van der Waals surface area contributed by atoms with Crippen LogP contribution in [0.5, 0.6) is 11.5 Å². The Kier molecular flexibility index (Phi) is 8.00. The van der Waals surface area contributed by atoms with Crippen LogP contribution in [0.1, 0.15) is 22.3 Å². The Bertz CT molecular complexity index is 1200. The minimum Gasteiger partial charge on any atom is -0.486 e. The summed E-state index contributed by atoms with van der Waals surface area (Å²) in [6.45, 7) is 1.24. The standard InChI is InChI=1S/C27H25ClN2O5/c28-20-8-6-18(7-9-20)12-13-29-25(31)17-22(26(32)19-4-2-1-3-5-19)27(33)30-21-10-11-23-24(16-21)35-15-14-34-23/h1-11,16,22H,12-15,17H2,(H,29,31)(H,30,33). The molecule has 7 nitrogen and oxygen atoms in total. The first-order chi connectivity index (χ1) is 17.0. The second kappa shape index (κ2) is 11.5. The van der Waals surface area contributed by atoms with Gasteiger partial charge in [0.15, 0.2) is 17.3 Å². The molecule has 0 saturated heterocycles. The Balaban J connectivity index is 1.43. The molecule has 1 aliphatic heterocycles. The molecular formula is C27H25ClN2O5. The Hall–Kier alpha value is -3.84. The van der Waals surface area contributed by atoms with Crippen LogP contribution in [0.25, 0.3) is 0 Å². The van der Waals surface area contributed by atoms with Crippen molar-refractivity contribution in [1.82, 2.24) is 5.32 Å². The van der Waals surface area contributed by atoms with E-state index in [0.29, 0.717) is 54.0 Å². The molecule has 0 spiro atoms. The molecule has 1 heterocycles. The van der Waals surface area contributed by atoms with Crippen molar-refractivity contribution in [3.8, 4) is 11.5 Å². The Morgan fingerprint density at radius 1 is 0.886 bits per heavy atom. The molecule has 3 aromatic rings. The summed E-state index contributed by atoms with van der Waals surface area (Å²) in [5.41, 5.74) is 1.83. The molecule has 0 bridgehead atoms. The number of ether oxygens (including phenoxy) is 2. The molecular weight excluding hydrogens is 468 g/mol. The number of Topliss-reactive ketones (excluding diaryl/α,β-unsaturated/α-hetero) is 1. The Morgan fingerprint density at radius 2 is 1.60 bits per heavy atom. The van der Waals surface area contributed by atoms with Crippen LogP contribution >= 0.6 is 11.6 Å². The highest BCUT2D eigenvalue weighted by Crippen LogP contribution is 2.33. The van der Waals surface area contributed by atoms with Crippen molar-refractivity contribution in [3.05, 3.63) is 88.9 Å². The van der Waals surface area contributed by atoms with Gasteiger partial charge in [-0.15, -0.1) is 0 Å². The molecule has 1 aliphatic rings. The number of amides is 2. The molecule has 1 unspecified atom stereocenters. The highest BCUT2D eigenvalue weighted by Gasteiger charge is 2.30. The number of halogens is 1. The smallest absolute Gasteiger partial charge is 0.235 e. The van der Waals surface area contributed by atoms with Crippen LogP contribution in [0.15, 0.2) is 72.8 Å². The lowest BCUT2D eigenvalue weighted by Crippen LogP contribution is -2.36. The van der Waals surface area contributed by atoms with Gasteiger partial charge in [-0.25, -0.2) is 0 Å². The fourth-order valence-electron chi connectivity index (χ4n) is 3.71. The van der Waals surface area contributed by atoms with Crippen LogP contribution in [0.3, 0.4) is 0 Å². The molecule has 2 N–H and O–H groups in total. The number of rotatable bonds is 9. The van der Waals surface area contributed by atoms with Crippen LogP contribution in [-0.2, 0) is 16.0 Å². The average Bonchev–Trinajstić information content (AvgIpc) is 2.88. The van der Waals surface area contributed by atoms with Gasteiger partial charge < -0.3 is 20.1 Å². The Morgan fingerprint density at radius 3 is 2.34 bits per heavy atom. The van der Waals surface area contributed by atoms with E-state index < -0.39 is 17.6 Å². The van der Waals surface area contributed by atoms with Gasteiger partial charge in [0, 0.05) is 35.3 Å². The van der Waals surface area contributed by atoms with Crippen LogP contribution in [0.2, 0.25) is 5.02 Å². The van der Waals surface area contributed by atoms with Gasteiger partial charge in [-0.05, 0) is 36.2 Å². The summed E-state index contributed by atoms with van der Waals surface area (Å²) in [6.07, 6.45) is 0.328. The quantitative estimate of drug-likeness (QED) is 0.343. The molecule has 35 heavy (non-hydrogen) atoms. The Labute approximate surface area is 208 Å². The zero-order valence-corrected chi connectivity index (χ0v) is 19.7. The molecule has 8 heteroatoms. The van der Waals surface area contributed by atoms with Crippen molar-refractivity contribution < 1.29 is 23.9 Å². The normalized spacial score (nSPS) is 12.9. The lowest BCUT2D eigenvalue weighted by atomic mass is 9.93. The van der Waals surface area contributed by atoms with E-state index >= 15 is 0 Å². The number of benzene rings is 3. The predicted octanol–water partition coefficient (Wildman–Crippen LogP) is 4.30. The van der Waals surface area contributed by atoms with Gasteiger partial charge in [0.25, 0.3) is 0 Å². The van der Waals surface area contributed by atoms with E-state index in [1.165, 1.54) is 0 Å². The first-order valence-electron chi connectivity index (χ1n) is 11.3. The van der Waals surface area contributed by atoms with Crippen LogP contribution < -0.4 is 20.1 Å². The van der Waals surface area contributed by atoms with Gasteiger partial charge in [0.2, 0.25) is 11.8 Å². The summed E-state index contributed by atoms with van der Waals surface area (Å²) < 4.78 is 11.1. The number of hydrogen-bond donors (Lipinski definition) is 2. The van der Waals surface area contributed by atoms with E-state index in [9.17, 15) is 14.4 Å². The maximum atomic E-state index is 13.2. The number of nitrogens with one attached hydrogen (secondary N) is 2. The molecule has 0 aliphatic carbocycles. The van der Waals surface area contributed by atoms with Crippen LogP contribution in [0.4, 0.5) is 5.69 Å². The van der Waals surface area contributed by atoms with Crippen molar-refractivity contribution in [3.63, 3.8) is 0 Å². The van der Waals surface area contributed by atoms with E-state index in [1.807, 2.05) is 12.1 Å². The maximum absolute atomic E-state index is 13.2. The van der Waals surface area contributed by atoms with Crippen LogP contribution in [0, 0.1) is 5.92 Å². The number of carbonyl (C=O) groups excluding carboxylic acids is 3. The third-order valence-electron chi connectivity index (χ3n) is 5.54. The minimum absolute atomic E-state index is 0.273. The van der Waals surface area contributed by atoms with Gasteiger partial charge in [-0.2, -0.15) is 0 Å². The summed E-state index contributed by atoms with van der Waals surface area (Å²) in [7, 11) is 0. The lowest BCUT2D eigenvalue weighted by Gasteiger charge is -2.20. The van der Waals surface area contributed by atoms with Gasteiger partial charge in [-0.3, -0.25) is 14.4 Å². The number of anilines is 1. The second-order valence-corrected chi connectivity index (χ2v) is 8.50. The number of fused-ring (bicyclic) bond motifs is 1. The largest absolute Gasteiger partial charge is 0.486 e. The third kappa shape index (κ3) is 6.61. The summed E-state index contributed by atoms with van der Waals surface area (Å²) in [6, 6.07) is 20.8. The van der Waals surface area contributed by atoms with E-state index in [0.717, 1.165) is 5.56 Å². The van der Waals surface area contributed by atoms with Gasteiger partial charge in [0.05, 0.1) is 0 Å². The van der Waals surface area contributed by atoms with Crippen molar-refractivity contribution >= 4 is 34.9 Å². The summed E-state index contributed by atoms with van der Waals surface area (Å²) in [4.78, 5) is 39.0. The summed E-state index contributed by atoms with van der Waals surface area (Å²) >= 11 is 5.90. The van der Waals surface area contributed by atoms with Gasteiger partial charge in [0.1, 0.15) is 19.1 Å². The van der Waals surface area contributed by atoms with Gasteiger partial charge >= 0.3 is 0 Å². The van der Waals surface area contributed by atoms with Crippen molar-refractivity contribution in [2.75, 3.05) is 25.1 Å². The first-order valence-corrected chi connectivity index (χ1v) is 11.7. The van der Waals surface area contributed by atoms with Crippen molar-refractivity contribution in [2.45, 2.75) is 12.8 Å². The summed E-state index contributed by atoms with van der Waals surface area (Å²) in [5, 5.41) is 6.19. The number of carbonyl (C=O) groups is 3. The fourth-order valence-corrected chi connectivity index (χ4v) is 3.84. The minimum atomic E-state index is -1.19. The van der Waals surface area contributed by atoms with Crippen molar-refractivity contribution in [2.24, 2.45) is 5.92 Å². The zero-order valence-electron chi connectivity index (χ0n) is 19.0. The van der Waals surface area contributed by atoms with E-state index in [1.54, 1.807) is 60.7 Å². The molecule has 3 aromatic carbocycles. The highest BCUT2D eigenvalue weighted by molar-refractivity contribution is 6.30. The summed E-state index contributed by atoms with van der Waals surface area (Å²) in [5.74, 6) is -1.46. The average molecular weight is 493 g/mol. The van der Waals surface area contributed by atoms with Crippen LogP contribution in [-0.4, -0.2) is 37.4 Å².